The second-order valence-corrected chi connectivity index (χ2v) is 8.54. The van der Waals surface area contributed by atoms with Crippen molar-refractivity contribution in [2.24, 2.45) is 5.92 Å². The largest absolute Gasteiger partial charge is 0.381 e. The third-order valence-electron chi connectivity index (χ3n) is 6.41. The third kappa shape index (κ3) is 5.17. The van der Waals surface area contributed by atoms with Crippen molar-refractivity contribution in [3.8, 4) is 0 Å². The van der Waals surface area contributed by atoms with Gasteiger partial charge >= 0.3 is 0 Å². The van der Waals surface area contributed by atoms with E-state index in [1.165, 1.54) is 19.3 Å². The molecular formula is C23H32N2O4. The van der Waals surface area contributed by atoms with Crippen LogP contribution >= 0.6 is 0 Å². The molecule has 2 aliphatic heterocycles. The molecule has 0 N–H and O–H groups in total. The average molecular weight is 401 g/mol. The molecule has 2 saturated heterocycles. The molecule has 0 aromatic heterocycles. The fourth-order valence-electron chi connectivity index (χ4n) is 4.74. The Morgan fingerprint density at radius 3 is 2.59 bits per heavy atom. The summed E-state index contributed by atoms with van der Waals surface area (Å²) in [5.74, 6) is -0.0246. The molecule has 4 rings (SSSR count). The van der Waals surface area contributed by atoms with Gasteiger partial charge in [0.2, 0.25) is 11.8 Å². The summed E-state index contributed by atoms with van der Waals surface area (Å²) in [6.45, 7) is 2.79. The molecular weight excluding hydrogens is 368 g/mol. The van der Waals surface area contributed by atoms with Crippen molar-refractivity contribution in [3.05, 3.63) is 35.9 Å². The van der Waals surface area contributed by atoms with Gasteiger partial charge in [0.25, 0.3) is 0 Å². The van der Waals surface area contributed by atoms with Gasteiger partial charge in [-0.25, -0.2) is 0 Å². The van der Waals surface area contributed by atoms with Gasteiger partial charge in [0.15, 0.2) is 0 Å². The molecule has 2 heterocycles. The van der Waals surface area contributed by atoms with Crippen LogP contribution < -0.4 is 0 Å². The van der Waals surface area contributed by atoms with Crippen LogP contribution in [0.3, 0.4) is 0 Å². The molecule has 1 aliphatic carbocycles. The van der Waals surface area contributed by atoms with Gasteiger partial charge in [-0.1, -0.05) is 49.6 Å². The maximum Gasteiger partial charge on any atom is 0.242 e. The summed E-state index contributed by atoms with van der Waals surface area (Å²) in [7, 11) is 0. The summed E-state index contributed by atoms with van der Waals surface area (Å²) in [6, 6.07) is 10.4. The summed E-state index contributed by atoms with van der Waals surface area (Å²) in [6.07, 6.45) is 6.28. The zero-order valence-corrected chi connectivity index (χ0v) is 17.1. The van der Waals surface area contributed by atoms with Crippen molar-refractivity contribution in [3.63, 3.8) is 0 Å². The first-order chi connectivity index (χ1) is 14.2. The van der Waals surface area contributed by atoms with Crippen LogP contribution in [-0.4, -0.2) is 66.6 Å². The summed E-state index contributed by atoms with van der Waals surface area (Å²) in [5, 5.41) is 0. The molecule has 0 radical (unpaired) electrons. The van der Waals surface area contributed by atoms with E-state index in [0.717, 1.165) is 24.8 Å². The summed E-state index contributed by atoms with van der Waals surface area (Å²) < 4.78 is 11.6. The Hall–Kier alpha value is -1.92. The van der Waals surface area contributed by atoms with E-state index in [1.54, 1.807) is 4.90 Å². The van der Waals surface area contributed by atoms with E-state index in [1.807, 2.05) is 35.2 Å². The summed E-state index contributed by atoms with van der Waals surface area (Å²) in [4.78, 5) is 29.9. The maximum atomic E-state index is 13.1. The lowest BCUT2D eigenvalue weighted by Crippen LogP contribution is -2.46. The van der Waals surface area contributed by atoms with E-state index in [-0.39, 0.29) is 36.4 Å². The highest BCUT2D eigenvalue weighted by Crippen LogP contribution is 2.26. The number of carbonyl (C=O) groups is 2. The molecule has 158 valence electrons. The molecule has 29 heavy (non-hydrogen) atoms. The molecule has 1 aromatic rings. The molecule has 3 aliphatic rings. The Kier molecular flexibility index (Phi) is 6.82. The van der Waals surface area contributed by atoms with Crippen molar-refractivity contribution in [2.75, 3.05) is 32.8 Å². The van der Waals surface area contributed by atoms with Gasteiger partial charge in [0, 0.05) is 25.7 Å². The molecule has 6 nitrogen and oxygen atoms in total. The van der Waals surface area contributed by atoms with Crippen LogP contribution in [0.5, 0.6) is 0 Å². The highest BCUT2D eigenvalue weighted by atomic mass is 16.5. The SMILES string of the molecule is O=C(C1CCOC1)N1CC(=O)N(C2CCCCC2)CC(OCc2ccccc2)C1. The van der Waals surface area contributed by atoms with Gasteiger partial charge in [-0.15, -0.1) is 0 Å². The Morgan fingerprint density at radius 2 is 1.86 bits per heavy atom. The second kappa shape index (κ2) is 9.72. The van der Waals surface area contributed by atoms with E-state index in [9.17, 15) is 9.59 Å². The van der Waals surface area contributed by atoms with E-state index in [4.69, 9.17) is 9.47 Å². The molecule has 2 unspecified atom stereocenters. The normalized spacial score (nSPS) is 26.6. The van der Waals surface area contributed by atoms with Gasteiger partial charge in [0.05, 0.1) is 31.8 Å². The lowest BCUT2D eigenvalue weighted by atomic mass is 9.94. The zero-order valence-electron chi connectivity index (χ0n) is 17.1. The van der Waals surface area contributed by atoms with E-state index in [0.29, 0.717) is 32.9 Å². The first kappa shape index (κ1) is 20.4. The monoisotopic (exact) mass is 400 g/mol. The van der Waals surface area contributed by atoms with Crippen LogP contribution in [0.1, 0.15) is 44.1 Å². The standard InChI is InChI=1S/C23H32N2O4/c26-22-15-24(23(27)19-11-12-28-17-19)13-21(29-16-18-7-3-1-4-8-18)14-25(22)20-9-5-2-6-10-20/h1,3-4,7-8,19-21H,2,5-6,9-17H2. The minimum Gasteiger partial charge on any atom is -0.381 e. The van der Waals surface area contributed by atoms with Gasteiger partial charge in [-0.3, -0.25) is 9.59 Å². The summed E-state index contributed by atoms with van der Waals surface area (Å²) in [5.41, 5.74) is 1.11. The van der Waals surface area contributed by atoms with Crippen LogP contribution in [0.25, 0.3) is 0 Å². The molecule has 3 fully saturated rings. The molecule has 2 atom stereocenters. The van der Waals surface area contributed by atoms with Crippen LogP contribution in [0, 0.1) is 5.92 Å². The molecule has 6 heteroatoms. The molecule has 1 aromatic carbocycles. The average Bonchev–Trinajstić information content (AvgIpc) is 3.24. The number of nitrogens with zero attached hydrogens (tertiary/aromatic N) is 2. The third-order valence-corrected chi connectivity index (χ3v) is 6.41. The number of ether oxygens (including phenoxy) is 2. The van der Waals surface area contributed by atoms with Crippen LogP contribution in [0.2, 0.25) is 0 Å². The minimum atomic E-state index is -0.171. The van der Waals surface area contributed by atoms with E-state index < -0.39 is 0 Å². The number of amides is 2. The second-order valence-electron chi connectivity index (χ2n) is 8.54. The Balaban J connectivity index is 1.48. The Morgan fingerprint density at radius 1 is 1.07 bits per heavy atom. The maximum absolute atomic E-state index is 13.1. The lowest BCUT2D eigenvalue weighted by molar-refractivity contribution is -0.142. The molecule has 2 amide bonds. The van der Waals surface area contributed by atoms with Crippen LogP contribution in [0.15, 0.2) is 30.3 Å². The highest BCUT2D eigenvalue weighted by Gasteiger charge is 2.37. The number of rotatable bonds is 5. The van der Waals surface area contributed by atoms with E-state index >= 15 is 0 Å². The van der Waals surface area contributed by atoms with Crippen molar-refractivity contribution >= 4 is 11.8 Å². The van der Waals surface area contributed by atoms with Crippen LogP contribution in [0.4, 0.5) is 0 Å². The summed E-state index contributed by atoms with van der Waals surface area (Å²) >= 11 is 0. The minimum absolute atomic E-state index is 0.0367. The van der Waals surface area contributed by atoms with Crippen molar-refractivity contribution in [1.82, 2.24) is 9.80 Å². The quantitative estimate of drug-likeness (QED) is 0.762. The number of hydrogen-bond donors (Lipinski definition) is 0. The number of carbonyl (C=O) groups excluding carboxylic acids is 2. The zero-order chi connectivity index (χ0) is 20.1. The predicted octanol–water partition coefficient (Wildman–Crippen LogP) is 2.61. The fraction of sp³-hybridized carbons (Fsp3) is 0.652. The first-order valence-electron chi connectivity index (χ1n) is 11.0. The van der Waals surface area contributed by atoms with Gasteiger partial charge in [-0.05, 0) is 24.8 Å². The van der Waals surface area contributed by atoms with Crippen molar-refractivity contribution in [1.29, 1.82) is 0 Å². The van der Waals surface area contributed by atoms with Crippen molar-refractivity contribution in [2.45, 2.75) is 57.3 Å². The lowest BCUT2D eigenvalue weighted by Gasteiger charge is -2.34. The smallest absolute Gasteiger partial charge is 0.242 e. The molecule has 1 saturated carbocycles. The van der Waals surface area contributed by atoms with E-state index in [2.05, 4.69) is 0 Å². The van der Waals surface area contributed by atoms with Gasteiger partial charge in [0.1, 0.15) is 0 Å². The Bertz CT molecular complexity index is 683. The predicted molar refractivity (Wildman–Crippen MR) is 109 cm³/mol. The number of hydrogen-bond acceptors (Lipinski definition) is 4. The topological polar surface area (TPSA) is 59.1 Å². The first-order valence-corrected chi connectivity index (χ1v) is 11.0. The molecule has 0 bridgehead atoms. The molecule has 0 spiro atoms. The fourth-order valence-corrected chi connectivity index (χ4v) is 4.74. The van der Waals surface area contributed by atoms with Crippen LogP contribution in [-0.2, 0) is 25.7 Å². The van der Waals surface area contributed by atoms with Crippen molar-refractivity contribution < 1.29 is 19.1 Å². The Labute approximate surface area is 173 Å². The highest BCUT2D eigenvalue weighted by molar-refractivity contribution is 5.86. The van der Waals surface area contributed by atoms with Gasteiger partial charge < -0.3 is 19.3 Å². The van der Waals surface area contributed by atoms with Gasteiger partial charge in [-0.2, -0.15) is 0 Å². The number of benzene rings is 1.